The minimum atomic E-state index is -0.347. The normalized spacial score (nSPS) is 11.3. The molecule has 138 valence electrons. The standard InChI is InChI=1S/C18H23N5O3/c1-4-26-15(24)10-9-14-12(3)20-18(22-16(14)25)23-17(19)21-13-7-5-11(2)6-8-13/h5-8H,4,9-10H2,1-3H3,(H4,19,20,21,22,23,25). The van der Waals surface area contributed by atoms with Crippen molar-refractivity contribution < 1.29 is 9.53 Å². The molecule has 0 bridgehead atoms. The molecule has 8 heteroatoms. The monoisotopic (exact) mass is 357 g/mol. The quantitative estimate of drug-likeness (QED) is 0.412. The lowest BCUT2D eigenvalue weighted by atomic mass is 10.1. The zero-order valence-corrected chi connectivity index (χ0v) is 15.1. The Morgan fingerprint density at radius 2 is 2.00 bits per heavy atom. The van der Waals surface area contributed by atoms with Gasteiger partial charge in [0.2, 0.25) is 11.9 Å². The van der Waals surface area contributed by atoms with E-state index < -0.39 is 0 Å². The number of hydrogen-bond donors (Lipinski definition) is 3. The molecule has 0 aliphatic heterocycles. The van der Waals surface area contributed by atoms with Crippen molar-refractivity contribution in [2.45, 2.75) is 33.6 Å². The summed E-state index contributed by atoms with van der Waals surface area (Å²) in [5.41, 5.74) is 8.36. The highest BCUT2D eigenvalue weighted by Crippen LogP contribution is 2.10. The predicted octanol–water partition coefficient (Wildman–Crippen LogP) is 1.94. The molecule has 0 atom stereocenters. The van der Waals surface area contributed by atoms with Gasteiger partial charge in [-0.25, -0.2) is 4.98 Å². The molecule has 0 radical (unpaired) electrons. The summed E-state index contributed by atoms with van der Waals surface area (Å²) in [5, 5.41) is 2.93. The Labute approximate surface area is 151 Å². The van der Waals surface area contributed by atoms with Crippen LogP contribution >= 0.6 is 0 Å². The molecule has 1 heterocycles. The summed E-state index contributed by atoms with van der Waals surface area (Å²) in [6, 6.07) is 7.63. The highest BCUT2D eigenvalue weighted by Gasteiger charge is 2.11. The first-order chi connectivity index (χ1) is 12.4. The number of ether oxygens (including phenoxy) is 1. The average Bonchev–Trinajstić information content (AvgIpc) is 2.56. The van der Waals surface area contributed by atoms with Crippen molar-refractivity contribution in [2.24, 2.45) is 10.7 Å². The van der Waals surface area contributed by atoms with Crippen LogP contribution in [-0.2, 0) is 16.0 Å². The zero-order valence-electron chi connectivity index (χ0n) is 15.1. The largest absolute Gasteiger partial charge is 0.466 e. The maximum atomic E-state index is 12.2. The fraction of sp³-hybridized carbons (Fsp3) is 0.333. The van der Waals surface area contributed by atoms with E-state index >= 15 is 0 Å². The van der Waals surface area contributed by atoms with Crippen molar-refractivity contribution in [3.8, 4) is 0 Å². The molecule has 0 saturated carbocycles. The molecule has 2 rings (SSSR count). The predicted molar refractivity (Wildman–Crippen MR) is 101 cm³/mol. The van der Waals surface area contributed by atoms with Crippen LogP contribution in [0.15, 0.2) is 34.1 Å². The van der Waals surface area contributed by atoms with Gasteiger partial charge in [0.1, 0.15) is 0 Å². The van der Waals surface area contributed by atoms with E-state index in [0.29, 0.717) is 17.9 Å². The minimum Gasteiger partial charge on any atom is -0.466 e. The second-order valence-corrected chi connectivity index (χ2v) is 5.75. The molecule has 0 aliphatic carbocycles. The highest BCUT2D eigenvalue weighted by molar-refractivity contribution is 5.93. The van der Waals surface area contributed by atoms with Gasteiger partial charge in [0.05, 0.1) is 12.3 Å². The number of benzene rings is 1. The number of nitrogens with two attached hydrogens (primary N) is 1. The number of nitrogens with one attached hydrogen (secondary N) is 2. The Morgan fingerprint density at radius 1 is 1.31 bits per heavy atom. The van der Waals surface area contributed by atoms with Gasteiger partial charge >= 0.3 is 5.97 Å². The Bertz CT molecular complexity index is 856. The lowest BCUT2D eigenvalue weighted by Gasteiger charge is -2.07. The molecule has 0 fully saturated rings. The van der Waals surface area contributed by atoms with Crippen LogP contribution in [0.5, 0.6) is 0 Å². The molecule has 26 heavy (non-hydrogen) atoms. The molecular formula is C18H23N5O3. The van der Waals surface area contributed by atoms with Crippen molar-refractivity contribution in [2.75, 3.05) is 11.9 Å². The number of aryl methyl sites for hydroxylation is 2. The van der Waals surface area contributed by atoms with Gasteiger partial charge in [-0.15, -0.1) is 0 Å². The van der Waals surface area contributed by atoms with Crippen LogP contribution in [0.3, 0.4) is 0 Å². The van der Waals surface area contributed by atoms with Gasteiger partial charge in [-0.1, -0.05) is 17.7 Å². The third-order valence-corrected chi connectivity index (χ3v) is 3.64. The molecule has 8 nitrogen and oxygen atoms in total. The SMILES string of the molecule is CCOC(=O)CCc1c(C)nc(N=C(N)Nc2ccc(C)cc2)[nH]c1=O. The van der Waals surface area contributed by atoms with E-state index in [-0.39, 0.29) is 36.3 Å². The maximum absolute atomic E-state index is 12.2. The number of rotatable bonds is 6. The number of carbonyl (C=O) groups excluding carboxylic acids is 1. The van der Waals surface area contributed by atoms with Crippen molar-refractivity contribution >= 4 is 23.6 Å². The van der Waals surface area contributed by atoms with Gasteiger partial charge in [-0.3, -0.25) is 14.6 Å². The number of anilines is 1. The zero-order chi connectivity index (χ0) is 19.1. The molecule has 0 aliphatic rings. The van der Waals surface area contributed by atoms with Gasteiger partial charge in [0, 0.05) is 17.7 Å². The number of hydrogen-bond acceptors (Lipinski definition) is 5. The van der Waals surface area contributed by atoms with Crippen LogP contribution in [0.25, 0.3) is 0 Å². The Kier molecular flexibility index (Phi) is 6.48. The van der Waals surface area contributed by atoms with Crippen LogP contribution in [0.4, 0.5) is 11.6 Å². The number of H-pyrrole nitrogens is 1. The van der Waals surface area contributed by atoms with E-state index in [2.05, 4.69) is 20.3 Å². The van der Waals surface area contributed by atoms with E-state index in [1.54, 1.807) is 13.8 Å². The third-order valence-electron chi connectivity index (χ3n) is 3.64. The fourth-order valence-electron chi connectivity index (χ4n) is 2.33. The molecule has 0 spiro atoms. The van der Waals surface area contributed by atoms with Gasteiger partial charge in [-0.05, 0) is 39.3 Å². The minimum absolute atomic E-state index is 0.101. The summed E-state index contributed by atoms with van der Waals surface area (Å²) >= 11 is 0. The van der Waals surface area contributed by atoms with E-state index in [9.17, 15) is 9.59 Å². The molecule has 0 unspecified atom stereocenters. The first-order valence-electron chi connectivity index (χ1n) is 8.32. The molecule has 4 N–H and O–H groups in total. The molecule has 0 saturated heterocycles. The molecule has 1 aromatic carbocycles. The molecule has 2 aromatic rings. The fourth-order valence-corrected chi connectivity index (χ4v) is 2.33. The van der Waals surface area contributed by atoms with E-state index in [4.69, 9.17) is 10.5 Å². The summed E-state index contributed by atoms with van der Waals surface area (Å²) in [7, 11) is 0. The molecule has 0 amide bonds. The number of aromatic nitrogens is 2. The van der Waals surface area contributed by atoms with E-state index in [0.717, 1.165) is 11.3 Å². The number of carbonyl (C=O) groups is 1. The Hall–Kier alpha value is -3.16. The van der Waals surface area contributed by atoms with E-state index in [1.165, 1.54) is 0 Å². The Balaban J connectivity index is 2.11. The van der Waals surface area contributed by atoms with Crippen LogP contribution in [0, 0.1) is 13.8 Å². The topological polar surface area (TPSA) is 122 Å². The molecule has 1 aromatic heterocycles. The van der Waals surface area contributed by atoms with Crippen molar-refractivity contribution in [1.82, 2.24) is 9.97 Å². The number of guanidine groups is 1. The summed E-state index contributed by atoms with van der Waals surface area (Å²) in [6.07, 6.45) is 0.382. The number of aliphatic imine (C=N–C) groups is 1. The van der Waals surface area contributed by atoms with Crippen LogP contribution in [0.2, 0.25) is 0 Å². The number of aromatic amines is 1. The van der Waals surface area contributed by atoms with Gasteiger partial charge in [-0.2, -0.15) is 4.99 Å². The average molecular weight is 357 g/mol. The Morgan fingerprint density at radius 3 is 2.62 bits per heavy atom. The van der Waals surface area contributed by atoms with E-state index in [1.807, 2.05) is 31.2 Å². The van der Waals surface area contributed by atoms with Gasteiger partial charge in [0.25, 0.3) is 5.56 Å². The summed E-state index contributed by atoms with van der Waals surface area (Å²) in [6.45, 7) is 5.73. The van der Waals surface area contributed by atoms with Crippen LogP contribution in [0.1, 0.15) is 30.2 Å². The second-order valence-electron chi connectivity index (χ2n) is 5.75. The number of esters is 1. The van der Waals surface area contributed by atoms with Gasteiger partial charge < -0.3 is 15.8 Å². The summed E-state index contributed by atoms with van der Waals surface area (Å²) < 4.78 is 4.87. The van der Waals surface area contributed by atoms with Crippen LogP contribution in [-0.4, -0.2) is 28.5 Å². The smallest absolute Gasteiger partial charge is 0.306 e. The lowest BCUT2D eigenvalue weighted by molar-refractivity contribution is -0.143. The van der Waals surface area contributed by atoms with Gasteiger partial charge in [0.15, 0.2) is 0 Å². The van der Waals surface area contributed by atoms with Crippen LogP contribution < -0.4 is 16.6 Å². The third kappa shape index (κ3) is 5.44. The number of nitrogens with zero attached hydrogens (tertiary/aromatic N) is 2. The lowest BCUT2D eigenvalue weighted by Crippen LogP contribution is -2.23. The highest BCUT2D eigenvalue weighted by atomic mass is 16.5. The second kappa shape index (κ2) is 8.80. The first-order valence-corrected chi connectivity index (χ1v) is 8.32. The first kappa shape index (κ1) is 19.2. The maximum Gasteiger partial charge on any atom is 0.306 e. The van der Waals surface area contributed by atoms with Crippen molar-refractivity contribution in [3.63, 3.8) is 0 Å². The summed E-state index contributed by atoms with van der Waals surface area (Å²) in [5.74, 6) is -0.139. The molecular weight excluding hydrogens is 334 g/mol. The summed E-state index contributed by atoms with van der Waals surface area (Å²) in [4.78, 5) is 34.6. The van der Waals surface area contributed by atoms with Crippen molar-refractivity contribution in [1.29, 1.82) is 0 Å². The van der Waals surface area contributed by atoms with Crippen molar-refractivity contribution in [3.05, 3.63) is 51.4 Å².